The molecule has 0 fully saturated rings. The number of hydrogen-bond donors (Lipinski definition) is 1. The molecule has 0 saturated heterocycles. The zero-order valence-corrected chi connectivity index (χ0v) is 12.3. The topological polar surface area (TPSA) is 34.1 Å². The van der Waals surface area contributed by atoms with Crippen molar-refractivity contribution in [2.75, 3.05) is 12.4 Å². The number of aromatic nitrogens is 1. The molecule has 0 aliphatic rings. The number of pyridine rings is 1. The van der Waals surface area contributed by atoms with Gasteiger partial charge in [0.1, 0.15) is 17.4 Å². The first-order valence-electron chi connectivity index (χ1n) is 5.78. The van der Waals surface area contributed by atoms with Crippen molar-refractivity contribution in [2.24, 2.45) is 0 Å². The van der Waals surface area contributed by atoms with E-state index in [1.807, 2.05) is 13.0 Å². The number of aryl methyl sites for hydroxylation is 1. The molecule has 100 valence electrons. The van der Waals surface area contributed by atoms with E-state index in [1.54, 1.807) is 19.4 Å². The normalized spacial score (nSPS) is 10.3. The van der Waals surface area contributed by atoms with Crippen molar-refractivity contribution in [1.82, 2.24) is 4.98 Å². The summed E-state index contributed by atoms with van der Waals surface area (Å²) in [4.78, 5) is 4.28. The largest absolute Gasteiger partial charge is 0.496 e. The summed E-state index contributed by atoms with van der Waals surface area (Å²) in [7, 11) is 1.57. The van der Waals surface area contributed by atoms with Crippen LogP contribution >= 0.6 is 15.9 Å². The lowest BCUT2D eigenvalue weighted by atomic mass is 10.2. The van der Waals surface area contributed by atoms with Gasteiger partial charge in [0.25, 0.3) is 0 Å². The summed E-state index contributed by atoms with van der Waals surface area (Å²) in [5.74, 6) is 1.15. The summed E-state index contributed by atoms with van der Waals surface area (Å²) in [6, 6.07) is 6.43. The average Bonchev–Trinajstić information content (AvgIpc) is 2.38. The van der Waals surface area contributed by atoms with E-state index in [1.165, 1.54) is 12.1 Å². The molecule has 1 N–H and O–H groups in total. The molecular weight excluding hydrogens is 311 g/mol. The predicted octanol–water partition coefficient (Wildman–Crippen LogP) is 3.91. The standard InChI is InChI=1S/C14H14BrFN2O/c1-9-5-11(15)8-18-14(9)17-7-10-6-12(16)3-4-13(10)19-2/h3-6,8H,7H2,1-2H3,(H,17,18). The van der Waals surface area contributed by atoms with Gasteiger partial charge in [-0.15, -0.1) is 0 Å². The van der Waals surface area contributed by atoms with Gasteiger partial charge in [-0.1, -0.05) is 0 Å². The molecule has 0 aliphatic carbocycles. The second-order valence-electron chi connectivity index (χ2n) is 4.13. The van der Waals surface area contributed by atoms with Crippen LogP contribution in [0.3, 0.4) is 0 Å². The smallest absolute Gasteiger partial charge is 0.129 e. The second-order valence-corrected chi connectivity index (χ2v) is 5.04. The highest BCUT2D eigenvalue weighted by molar-refractivity contribution is 9.10. The number of halogens is 2. The van der Waals surface area contributed by atoms with Gasteiger partial charge in [0.15, 0.2) is 0 Å². The predicted molar refractivity (Wildman–Crippen MR) is 77.0 cm³/mol. The van der Waals surface area contributed by atoms with Crippen LogP contribution in [0.2, 0.25) is 0 Å². The van der Waals surface area contributed by atoms with Gasteiger partial charge in [0.05, 0.1) is 7.11 Å². The van der Waals surface area contributed by atoms with E-state index < -0.39 is 0 Å². The molecule has 0 atom stereocenters. The van der Waals surface area contributed by atoms with Gasteiger partial charge in [-0.3, -0.25) is 0 Å². The Bertz CT molecular complexity index is 590. The third kappa shape index (κ3) is 3.44. The van der Waals surface area contributed by atoms with E-state index in [2.05, 4.69) is 26.2 Å². The van der Waals surface area contributed by atoms with Crippen LogP contribution in [0.15, 0.2) is 34.9 Å². The van der Waals surface area contributed by atoms with Crippen molar-refractivity contribution in [2.45, 2.75) is 13.5 Å². The Balaban J connectivity index is 2.16. The minimum atomic E-state index is -0.280. The van der Waals surface area contributed by atoms with Crippen LogP contribution in [0.4, 0.5) is 10.2 Å². The van der Waals surface area contributed by atoms with Crippen LogP contribution in [0.25, 0.3) is 0 Å². The van der Waals surface area contributed by atoms with Crippen molar-refractivity contribution in [3.63, 3.8) is 0 Å². The molecule has 1 aromatic carbocycles. The zero-order chi connectivity index (χ0) is 13.8. The molecule has 5 heteroatoms. The Kier molecular flexibility index (Phi) is 4.37. The number of anilines is 1. The molecule has 2 rings (SSSR count). The van der Waals surface area contributed by atoms with Crippen molar-refractivity contribution in [1.29, 1.82) is 0 Å². The summed E-state index contributed by atoms with van der Waals surface area (Å²) in [6.45, 7) is 2.42. The Hall–Kier alpha value is -1.62. The number of methoxy groups -OCH3 is 1. The Morgan fingerprint density at radius 2 is 2.16 bits per heavy atom. The first kappa shape index (κ1) is 13.8. The summed E-state index contributed by atoms with van der Waals surface area (Å²) >= 11 is 3.36. The fourth-order valence-corrected chi connectivity index (χ4v) is 2.24. The van der Waals surface area contributed by atoms with Gasteiger partial charge in [-0.2, -0.15) is 0 Å². The minimum absolute atomic E-state index is 0.280. The van der Waals surface area contributed by atoms with Crippen LogP contribution in [0.5, 0.6) is 5.75 Å². The van der Waals surface area contributed by atoms with Crippen LogP contribution in [-0.4, -0.2) is 12.1 Å². The van der Waals surface area contributed by atoms with Crippen molar-refractivity contribution in [3.8, 4) is 5.75 Å². The van der Waals surface area contributed by atoms with Gasteiger partial charge in [0, 0.05) is 22.8 Å². The summed E-state index contributed by atoms with van der Waals surface area (Å²) in [6.07, 6.45) is 1.72. The van der Waals surface area contributed by atoms with Gasteiger partial charge in [-0.25, -0.2) is 9.37 Å². The highest BCUT2D eigenvalue weighted by Gasteiger charge is 2.06. The molecule has 0 radical (unpaired) electrons. The fraction of sp³-hybridized carbons (Fsp3) is 0.214. The molecular formula is C14H14BrFN2O. The number of benzene rings is 1. The average molecular weight is 325 g/mol. The maximum absolute atomic E-state index is 13.2. The van der Waals surface area contributed by atoms with E-state index in [9.17, 15) is 4.39 Å². The van der Waals surface area contributed by atoms with E-state index in [0.717, 1.165) is 21.4 Å². The van der Waals surface area contributed by atoms with Crippen LogP contribution < -0.4 is 10.1 Å². The lowest BCUT2D eigenvalue weighted by Crippen LogP contribution is -2.05. The van der Waals surface area contributed by atoms with E-state index in [-0.39, 0.29) is 5.82 Å². The SMILES string of the molecule is COc1ccc(F)cc1CNc1ncc(Br)cc1C. The molecule has 2 aromatic rings. The van der Waals surface area contributed by atoms with E-state index in [0.29, 0.717) is 12.3 Å². The number of hydrogen-bond acceptors (Lipinski definition) is 3. The first-order valence-corrected chi connectivity index (χ1v) is 6.58. The maximum Gasteiger partial charge on any atom is 0.129 e. The van der Waals surface area contributed by atoms with Gasteiger partial charge < -0.3 is 10.1 Å². The molecule has 0 aliphatic heterocycles. The van der Waals surface area contributed by atoms with Crippen molar-refractivity contribution >= 4 is 21.7 Å². The molecule has 3 nitrogen and oxygen atoms in total. The monoisotopic (exact) mass is 324 g/mol. The molecule has 0 spiro atoms. The third-order valence-electron chi connectivity index (χ3n) is 2.73. The van der Waals surface area contributed by atoms with Gasteiger partial charge in [-0.05, 0) is 52.7 Å². The van der Waals surface area contributed by atoms with Crippen molar-refractivity contribution in [3.05, 3.63) is 51.9 Å². The van der Waals surface area contributed by atoms with Crippen LogP contribution in [-0.2, 0) is 6.54 Å². The first-order chi connectivity index (χ1) is 9.10. The van der Waals surface area contributed by atoms with E-state index >= 15 is 0 Å². The lowest BCUT2D eigenvalue weighted by Gasteiger charge is -2.11. The van der Waals surface area contributed by atoms with Crippen LogP contribution in [0, 0.1) is 12.7 Å². The quantitative estimate of drug-likeness (QED) is 0.925. The van der Waals surface area contributed by atoms with E-state index in [4.69, 9.17) is 4.74 Å². The minimum Gasteiger partial charge on any atom is -0.496 e. The Morgan fingerprint density at radius 1 is 1.37 bits per heavy atom. The summed E-state index contributed by atoms with van der Waals surface area (Å²) in [5.41, 5.74) is 1.77. The highest BCUT2D eigenvalue weighted by atomic mass is 79.9. The Labute approximate surface area is 119 Å². The molecule has 19 heavy (non-hydrogen) atoms. The number of ether oxygens (including phenoxy) is 1. The highest BCUT2D eigenvalue weighted by Crippen LogP contribution is 2.22. The van der Waals surface area contributed by atoms with Gasteiger partial charge >= 0.3 is 0 Å². The maximum atomic E-state index is 13.2. The summed E-state index contributed by atoms with van der Waals surface area (Å²) in [5, 5.41) is 3.18. The van der Waals surface area contributed by atoms with Gasteiger partial charge in [0.2, 0.25) is 0 Å². The molecule has 0 amide bonds. The zero-order valence-electron chi connectivity index (χ0n) is 10.7. The molecule has 1 aromatic heterocycles. The summed E-state index contributed by atoms with van der Waals surface area (Å²) < 4.78 is 19.4. The lowest BCUT2D eigenvalue weighted by molar-refractivity contribution is 0.409. The van der Waals surface area contributed by atoms with Crippen molar-refractivity contribution < 1.29 is 9.13 Å². The Morgan fingerprint density at radius 3 is 2.84 bits per heavy atom. The molecule has 1 heterocycles. The number of nitrogens with one attached hydrogen (secondary N) is 1. The fourth-order valence-electron chi connectivity index (χ4n) is 1.79. The number of nitrogens with zero attached hydrogens (tertiary/aromatic N) is 1. The number of rotatable bonds is 4. The molecule has 0 unspecified atom stereocenters. The molecule has 0 saturated carbocycles. The third-order valence-corrected chi connectivity index (χ3v) is 3.17. The molecule has 0 bridgehead atoms. The van der Waals surface area contributed by atoms with Crippen LogP contribution in [0.1, 0.15) is 11.1 Å². The second kappa shape index (κ2) is 6.02.